The van der Waals surface area contributed by atoms with Gasteiger partial charge in [0.05, 0.1) is 16.0 Å². The smallest absolute Gasteiger partial charge is 0.271 e. The molecule has 1 N–H and O–H groups in total. The predicted octanol–water partition coefficient (Wildman–Crippen LogP) is 1.29. The maximum absolute atomic E-state index is 10.6. The molecule has 1 heterocycles. The largest absolute Gasteiger partial charge is 0.411 e. The van der Waals surface area contributed by atoms with E-state index < -0.39 is 4.92 Å². The highest BCUT2D eigenvalue weighted by Crippen LogP contribution is 2.20. The van der Waals surface area contributed by atoms with Gasteiger partial charge >= 0.3 is 0 Å². The first-order valence-electron chi connectivity index (χ1n) is 4.42. The number of nitro benzene ring substituents is 1. The summed E-state index contributed by atoms with van der Waals surface area (Å²) < 4.78 is 1.68. The van der Waals surface area contributed by atoms with Crippen molar-refractivity contribution in [2.75, 3.05) is 0 Å². The number of imidazole rings is 1. The van der Waals surface area contributed by atoms with Crippen LogP contribution in [-0.2, 0) is 7.05 Å². The van der Waals surface area contributed by atoms with Crippen LogP contribution in [0.3, 0.4) is 0 Å². The Bertz CT molecular complexity index is 588. The number of hydrogen-bond donors (Lipinski definition) is 1. The lowest BCUT2D eigenvalue weighted by molar-refractivity contribution is -0.384. The molecule has 0 spiro atoms. The second kappa shape index (κ2) is 3.61. The standard InChI is InChI=1S/C9H8N4O3/c1-12-8-3-2-6(13(15)16)4-7(8)11-9(12)5-10-14/h2-5,14H,1H3/b10-5+. The average molecular weight is 220 g/mol. The van der Waals surface area contributed by atoms with Crippen molar-refractivity contribution in [2.45, 2.75) is 0 Å². The molecule has 16 heavy (non-hydrogen) atoms. The summed E-state index contributed by atoms with van der Waals surface area (Å²) in [5.41, 5.74) is 1.21. The Balaban J connectivity index is 2.67. The molecule has 0 amide bonds. The second-order valence-electron chi connectivity index (χ2n) is 3.20. The molecule has 2 aromatic rings. The lowest BCUT2D eigenvalue weighted by atomic mass is 10.3. The molecule has 0 saturated heterocycles. The number of oxime groups is 1. The maximum atomic E-state index is 10.6. The highest BCUT2D eigenvalue weighted by molar-refractivity contribution is 5.85. The molecule has 1 aromatic carbocycles. The Morgan fingerprint density at radius 2 is 2.38 bits per heavy atom. The van der Waals surface area contributed by atoms with E-state index in [1.165, 1.54) is 18.3 Å². The monoisotopic (exact) mass is 220 g/mol. The molecule has 0 unspecified atom stereocenters. The molecule has 7 heteroatoms. The van der Waals surface area contributed by atoms with Crippen molar-refractivity contribution in [1.29, 1.82) is 0 Å². The molecule has 0 bridgehead atoms. The van der Waals surface area contributed by atoms with E-state index in [9.17, 15) is 10.1 Å². The van der Waals surface area contributed by atoms with Crippen LogP contribution in [0.25, 0.3) is 11.0 Å². The van der Waals surface area contributed by atoms with Crippen LogP contribution in [0.4, 0.5) is 5.69 Å². The van der Waals surface area contributed by atoms with Gasteiger partial charge in [-0.15, -0.1) is 0 Å². The highest BCUT2D eigenvalue weighted by atomic mass is 16.6. The van der Waals surface area contributed by atoms with Gasteiger partial charge in [-0.2, -0.15) is 0 Å². The third-order valence-electron chi connectivity index (χ3n) is 2.28. The van der Waals surface area contributed by atoms with E-state index in [4.69, 9.17) is 5.21 Å². The van der Waals surface area contributed by atoms with Gasteiger partial charge in [0.1, 0.15) is 6.21 Å². The number of aromatic nitrogens is 2. The van der Waals surface area contributed by atoms with E-state index in [2.05, 4.69) is 10.1 Å². The third kappa shape index (κ3) is 1.48. The molecule has 82 valence electrons. The minimum Gasteiger partial charge on any atom is -0.411 e. The van der Waals surface area contributed by atoms with E-state index >= 15 is 0 Å². The summed E-state index contributed by atoms with van der Waals surface area (Å²) in [5, 5.41) is 21.9. The van der Waals surface area contributed by atoms with Crippen molar-refractivity contribution in [3.05, 3.63) is 34.1 Å². The fourth-order valence-corrected chi connectivity index (χ4v) is 1.49. The number of non-ortho nitro benzene ring substituents is 1. The average Bonchev–Trinajstić information content (AvgIpc) is 2.56. The number of fused-ring (bicyclic) bond motifs is 1. The quantitative estimate of drug-likeness (QED) is 0.357. The molecule has 0 aliphatic rings. The van der Waals surface area contributed by atoms with Gasteiger partial charge in [0.2, 0.25) is 0 Å². The van der Waals surface area contributed by atoms with Crippen LogP contribution in [0.1, 0.15) is 5.82 Å². The van der Waals surface area contributed by atoms with Crippen molar-refractivity contribution >= 4 is 22.9 Å². The van der Waals surface area contributed by atoms with Gasteiger partial charge in [0, 0.05) is 19.2 Å². The van der Waals surface area contributed by atoms with Gasteiger partial charge in [0.15, 0.2) is 5.82 Å². The normalized spacial score (nSPS) is 11.3. The minimum absolute atomic E-state index is 0.0157. The van der Waals surface area contributed by atoms with Crippen molar-refractivity contribution in [1.82, 2.24) is 9.55 Å². The Morgan fingerprint density at radius 3 is 3.00 bits per heavy atom. The van der Waals surface area contributed by atoms with Gasteiger partial charge in [0.25, 0.3) is 5.69 Å². The third-order valence-corrected chi connectivity index (χ3v) is 2.28. The van der Waals surface area contributed by atoms with Crippen molar-refractivity contribution in [3.8, 4) is 0 Å². The number of aryl methyl sites for hydroxylation is 1. The molecular weight excluding hydrogens is 212 g/mol. The van der Waals surface area contributed by atoms with E-state index in [1.54, 1.807) is 17.7 Å². The van der Waals surface area contributed by atoms with Crippen LogP contribution < -0.4 is 0 Å². The van der Waals surface area contributed by atoms with Crippen LogP contribution in [0.5, 0.6) is 0 Å². The van der Waals surface area contributed by atoms with Crippen LogP contribution in [0, 0.1) is 10.1 Å². The van der Waals surface area contributed by atoms with E-state index in [0.717, 1.165) is 5.52 Å². The molecule has 1 aromatic heterocycles. The topological polar surface area (TPSA) is 93.5 Å². The fraction of sp³-hybridized carbons (Fsp3) is 0.111. The first-order chi connectivity index (χ1) is 7.63. The van der Waals surface area contributed by atoms with Crippen molar-refractivity contribution in [2.24, 2.45) is 12.2 Å². The molecule has 7 nitrogen and oxygen atoms in total. The number of nitro groups is 1. The Labute approximate surface area is 89.8 Å². The van der Waals surface area contributed by atoms with Crippen molar-refractivity contribution < 1.29 is 10.1 Å². The van der Waals surface area contributed by atoms with E-state index in [0.29, 0.717) is 11.3 Å². The summed E-state index contributed by atoms with van der Waals surface area (Å²) in [6.45, 7) is 0. The summed E-state index contributed by atoms with van der Waals surface area (Å²) in [6.07, 6.45) is 1.17. The summed E-state index contributed by atoms with van der Waals surface area (Å²) in [7, 11) is 1.73. The molecule has 2 rings (SSSR count). The van der Waals surface area contributed by atoms with E-state index in [-0.39, 0.29) is 5.69 Å². The Hall–Kier alpha value is -2.44. The van der Waals surface area contributed by atoms with Gasteiger partial charge < -0.3 is 9.77 Å². The molecule has 0 aliphatic carbocycles. The number of rotatable bonds is 2. The van der Waals surface area contributed by atoms with Gasteiger partial charge in [-0.1, -0.05) is 5.16 Å². The fourth-order valence-electron chi connectivity index (χ4n) is 1.49. The lowest BCUT2D eigenvalue weighted by Gasteiger charge is -1.95. The molecule has 0 radical (unpaired) electrons. The summed E-state index contributed by atoms with van der Waals surface area (Å²) in [5.74, 6) is 0.429. The molecule has 0 saturated carbocycles. The lowest BCUT2D eigenvalue weighted by Crippen LogP contribution is -1.95. The van der Waals surface area contributed by atoms with Gasteiger partial charge in [-0.3, -0.25) is 10.1 Å². The zero-order valence-electron chi connectivity index (χ0n) is 8.36. The molecule has 0 fully saturated rings. The summed E-state index contributed by atoms with van der Waals surface area (Å²) >= 11 is 0. The first kappa shape index (κ1) is 10.1. The highest BCUT2D eigenvalue weighted by Gasteiger charge is 2.11. The van der Waals surface area contributed by atoms with Crippen LogP contribution in [-0.4, -0.2) is 25.9 Å². The van der Waals surface area contributed by atoms with Crippen LogP contribution in [0.2, 0.25) is 0 Å². The Morgan fingerprint density at radius 1 is 1.62 bits per heavy atom. The van der Waals surface area contributed by atoms with Gasteiger partial charge in [-0.25, -0.2) is 4.98 Å². The van der Waals surface area contributed by atoms with Crippen molar-refractivity contribution in [3.63, 3.8) is 0 Å². The second-order valence-corrected chi connectivity index (χ2v) is 3.20. The van der Waals surface area contributed by atoms with Crippen LogP contribution >= 0.6 is 0 Å². The number of nitrogens with zero attached hydrogens (tertiary/aromatic N) is 4. The van der Waals surface area contributed by atoms with Crippen LogP contribution in [0.15, 0.2) is 23.4 Å². The Kier molecular flexibility index (Phi) is 2.28. The number of hydrogen-bond acceptors (Lipinski definition) is 5. The molecule has 0 atom stereocenters. The zero-order chi connectivity index (χ0) is 11.7. The first-order valence-corrected chi connectivity index (χ1v) is 4.42. The minimum atomic E-state index is -0.478. The predicted molar refractivity (Wildman–Crippen MR) is 56.7 cm³/mol. The SMILES string of the molecule is Cn1c(/C=N/O)nc2cc([N+](=O)[O-])ccc21. The summed E-state index contributed by atoms with van der Waals surface area (Å²) in [6, 6.07) is 4.39. The van der Waals surface area contributed by atoms with Gasteiger partial charge in [-0.05, 0) is 6.07 Å². The molecule has 0 aliphatic heterocycles. The zero-order valence-corrected chi connectivity index (χ0v) is 8.36. The molecular formula is C9H8N4O3. The maximum Gasteiger partial charge on any atom is 0.271 e. The van der Waals surface area contributed by atoms with E-state index in [1.807, 2.05) is 0 Å². The summed E-state index contributed by atoms with van der Waals surface area (Å²) in [4.78, 5) is 14.2. The number of benzene rings is 1.